The van der Waals surface area contributed by atoms with E-state index in [1.165, 1.54) is 53.9 Å². The molecule has 190 valence electrons. The number of carbonyl (C=O) groups is 2. The van der Waals surface area contributed by atoms with Crippen LogP contribution in [-0.2, 0) is 30.8 Å². The summed E-state index contributed by atoms with van der Waals surface area (Å²) < 4.78 is 32.9. The van der Waals surface area contributed by atoms with Crippen LogP contribution in [-0.4, -0.2) is 39.5 Å². The van der Waals surface area contributed by atoms with Crippen molar-refractivity contribution in [1.82, 2.24) is 5.32 Å². The van der Waals surface area contributed by atoms with Crippen LogP contribution in [0.1, 0.15) is 50.2 Å². The molecule has 2 aliphatic rings. The van der Waals surface area contributed by atoms with Crippen molar-refractivity contribution < 1.29 is 22.7 Å². The predicted molar refractivity (Wildman–Crippen MR) is 140 cm³/mol. The number of carbonyl (C=O) groups excluding carboxylic acids is 2. The van der Waals surface area contributed by atoms with Gasteiger partial charge in [-0.25, -0.2) is 13.2 Å². The Bertz CT molecular complexity index is 1270. The summed E-state index contributed by atoms with van der Waals surface area (Å²) in [6.07, 6.45) is 10.2. The molecule has 1 heterocycles. The van der Waals surface area contributed by atoms with Crippen molar-refractivity contribution in [1.29, 1.82) is 0 Å². The van der Waals surface area contributed by atoms with E-state index >= 15 is 0 Å². The monoisotopic (exact) mass is 508 g/mol. The molecule has 0 aromatic heterocycles. The quantitative estimate of drug-likeness (QED) is 0.308. The van der Waals surface area contributed by atoms with E-state index in [-0.39, 0.29) is 10.8 Å². The Balaban J connectivity index is 1.28. The van der Waals surface area contributed by atoms with E-state index in [0.29, 0.717) is 30.8 Å². The minimum absolute atomic E-state index is 0.188. The minimum atomic E-state index is -3.67. The largest absolute Gasteiger partial charge is 0.449 e. The van der Waals surface area contributed by atoms with Gasteiger partial charge in [-0.3, -0.25) is 9.10 Å². The number of nitrogens with zero attached hydrogens (tertiary/aromatic N) is 1. The fourth-order valence-corrected chi connectivity index (χ4v) is 5.99. The second kappa shape index (κ2) is 11.6. The summed E-state index contributed by atoms with van der Waals surface area (Å²) in [6.45, 7) is 2.48. The van der Waals surface area contributed by atoms with Gasteiger partial charge in [-0.05, 0) is 80.9 Å². The van der Waals surface area contributed by atoms with E-state index in [4.69, 9.17) is 4.74 Å². The molecule has 4 rings (SSSR count). The van der Waals surface area contributed by atoms with E-state index in [1.54, 1.807) is 12.1 Å². The summed E-state index contributed by atoms with van der Waals surface area (Å²) in [7, 11) is -3.67. The number of esters is 1. The first kappa shape index (κ1) is 25.7. The zero-order valence-corrected chi connectivity index (χ0v) is 21.3. The third-order valence-corrected chi connectivity index (χ3v) is 8.34. The number of para-hydroxylation sites is 1. The van der Waals surface area contributed by atoms with E-state index in [0.717, 1.165) is 24.8 Å². The number of rotatable bonds is 9. The molecule has 0 saturated heterocycles. The van der Waals surface area contributed by atoms with Gasteiger partial charge >= 0.3 is 5.97 Å². The summed E-state index contributed by atoms with van der Waals surface area (Å²) in [5, 5.41) is 2.82. The Morgan fingerprint density at radius 3 is 2.61 bits per heavy atom. The van der Waals surface area contributed by atoms with Crippen LogP contribution in [0.25, 0.3) is 6.08 Å². The predicted octanol–water partition coefficient (Wildman–Crippen LogP) is 4.39. The van der Waals surface area contributed by atoms with Gasteiger partial charge in [-0.1, -0.05) is 42.0 Å². The van der Waals surface area contributed by atoms with Gasteiger partial charge in [-0.15, -0.1) is 0 Å². The highest BCUT2D eigenvalue weighted by molar-refractivity contribution is 7.92. The molecular weight excluding hydrogens is 476 g/mol. The topological polar surface area (TPSA) is 92.8 Å². The molecule has 0 spiro atoms. The molecule has 0 bridgehead atoms. The molecule has 0 unspecified atom stereocenters. The van der Waals surface area contributed by atoms with Crippen LogP contribution in [0.15, 0.2) is 71.2 Å². The second-order valence-corrected chi connectivity index (χ2v) is 10.9. The van der Waals surface area contributed by atoms with Crippen molar-refractivity contribution in [3.8, 4) is 0 Å². The molecule has 36 heavy (non-hydrogen) atoms. The molecule has 0 fully saturated rings. The lowest BCUT2D eigenvalue weighted by Crippen LogP contribution is -2.36. The third kappa shape index (κ3) is 6.23. The highest BCUT2D eigenvalue weighted by atomic mass is 32.2. The third-order valence-electron chi connectivity index (χ3n) is 6.52. The van der Waals surface area contributed by atoms with Crippen LogP contribution in [0.5, 0.6) is 0 Å². The number of anilines is 1. The fraction of sp³-hybridized carbons (Fsp3) is 0.357. The molecule has 1 atom stereocenters. The summed E-state index contributed by atoms with van der Waals surface area (Å²) in [5.41, 5.74) is 3.75. The number of ether oxygens (including phenoxy) is 1. The Morgan fingerprint density at radius 1 is 1.08 bits per heavy atom. The zero-order valence-electron chi connectivity index (χ0n) is 20.5. The zero-order chi connectivity index (χ0) is 25.5. The van der Waals surface area contributed by atoms with Crippen molar-refractivity contribution in [2.24, 2.45) is 0 Å². The Labute approximate surface area is 212 Å². The second-order valence-electron chi connectivity index (χ2n) is 9.09. The molecular formula is C28H32N2O5S. The summed E-state index contributed by atoms with van der Waals surface area (Å²) in [4.78, 5) is 24.6. The lowest BCUT2D eigenvalue weighted by Gasteiger charge is -2.19. The van der Waals surface area contributed by atoms with Gasteiger partial charge in [0.2, 0.25) is 0 Å². The molecule has 2 aromatic carbocycles. The maximum atomic E-state index is 13.1. The van der Waals surface area contributed by atoms with Gasteiger partial charge in [0.05, 0.1) is 10.6 Å². The summed E-state index contributed by atoms with van der Waals surface area (Å²) >= 11 is 0. The minimum Gasteiger partial charge on any atom is -0.449 e. The van der Waals surface area contributed by atoms with Gasteiger partial charge < -0.3 is 10.1 Å². The summed E-state index contributed by atoms with van der Waals surface area (Å²) in [5.74, 6) is -0.968. The van der Waals surface area contributed by atoms with Gasteiger partial charge in [-0.2, -0.15) is 0 Å². The number of sulfonamides is 1. The van der Waals surface area contributed by atoms with Gasteiger partial charge in [0.15, 0.2) is 6.10 Å². The van der Waals surface area contributed by atoms with Crippen molar-refractivity contribution in [2.75, 3.05) is 17.4 Å². The van der Waals surface area contributed by atoms with Crippen LogP contribution < -0.4 is 9.62 Å². The smallest absolute Gasteiger partial charge is 0.331 e. The molecule has 1 amide bonds. The maximum Gasteiger partial charge on any atom is 0.331 e. The molecule has 8 heteroatoms. The average Bonchev–Trinajstić information content (AvgIpc) is 3.33. The van der Waals surface area contributed by atoms with Crippen LogP contribution in [0.4, 0.5) is 5.69 Å². The number of amides is 1. The van der Waals surface area contributed by atoms with Crippen molar-refractivity contribution in [3.63, 3.8) is 0 Å². The first-order valence-electron chi connectivity index (χ1n) is 12.4. The Morgan fingerprint density at radius 2 is 1.86 bits per heavy atom. The van der Waals surface area contributed by atoms with E-state index in [2.05, 4.69) is 11.4 Å². The van der Waals surface area contributed by atoms with Crippen molar-refractivity contribution in [3.05, 3.63) is 77.4 Å². The molecule has 0 radical (unpaired) electrons. The van der Waals surface area contributed by atoms with Crippen LogP contribution in [0, 0.1) is 0 Å². The highest BCUT2D eigenvalue weighted by Gasteiger charge is 2.30. The number of benzene rings is 2. The van der Waals surface area contributed by atoms with E-state index in [9.17, 15) is 18.0 Å². The maximum absolute atomic E-state index is 13.1. The lowest BCUT2D eigenvalue weighted by molar-refractivity contribution is -0.150. The van der Waals surface area contributed by atoms with Gasteiger partial charge in [0.1, 0.15) is 0 Å². The molecule has 0 saturated carbocycles. The molecule has 1 N–H and O–H groups in total. The van der Waals surface area contributed by atoms with Crippen LogP contribution >= 0.6 is 0 Å². The van der Waals surface area contributed by atoms with Crippen molar-refractivity contribution >= 4 is 33.7 Å². The average molecular weight is 509 g/mol. The Kier molecular flexibility index (Phi) is 8.25. The number of nitrogens with one attached hydrogen (secondary N) is 1. The van der Waals surface area contributed by atoms with E-state index in [1.807, 2.05) is 24.3 Å². The van der Waals surface area contributed by atoms with Crippen LogP contribution in [0.3, 0.4) is 0 Å². The number of allylic oxidation sites excluding steroid dienone is 1. The normalized spacial score (nSPS) is 16.4. The molecule has 1 aliphatic heterocycles. The molecule has 7 nitrogen and oxygen atoms in total. The first-order chi connectivity index (χ1) is 17.3. The molecule has 1 aliphatic carbocycles. The lowest BCUT2D eigenvalue weighted by atomic mass is 9.97. The molecule has 2 aromatic rings. The van der Waals surface area contributed by atoms with E-state index < -0.39 is 22.1 Å². The highest BCUT2D eigenvalue weighted by Crippen LogP contribution is 2.32. The van der Waals surface area contributed by atoms with Gasteiger partial charge in [0.25, 0.3) is 15.9 Å². The fourth-order valence-electron chi connectivity index (χ4n) is 4.49. The standard InChI is InChI=1S/C28H32N2O5S/c1-21(28(32)29-19-17-22-7-3-2-4-8-22)35-27(31)16-13-23-11-14-25(15-12-23)36(33,34)30-20-18-24-9-5-6-10-26(24)30/h5-7,9-16,21H,2-4,8,17-20H2,1H3,(H,29,32)/b16-13+/t21-/m0/s1. The van der Waals surface area contributed by atoms with Crippen LogP contribution in [0.2, 0.25) is 0 Å². The number of hydrogen-bond acceptors (Lipinski definition) is 5. The van der Waals surface area contributed by atoms with Gasteiger partial charge in [0, 0.05) is 19.2 Å². The summed E-state index contributed by atoms with van der Waals surface area (Å²) in [6, 6.07) is 13.8. The first-order valence-corrected chi connectivity index (χ1v) is 13.8. The number of hydrogen-bond donors (Lipinski definition) is 1. The number of fused-ring (bicyclic) bond motifs is 1. The SMILES string of the molecule is C[C@H](OC(=O)/C=C/c1ccc(S(=O)(=O)N2CCc3ccccc32)cc1)C(=O)NCCC1=CCCCC1. The Hall–Kier alpha value is -3.39. The van der Waals surface area contributed by atoms with Crippen molar-refractivity contribution in [2.45, 2.75) is 56.4 Å².